The molecular weight excluding hydrogens is 374 g/mol. The number of amides is 2. The Hall–Kier alpha value is -3.23. The van der Waals surface area contributed by atoms with Gasteiger partial charge >= 0.3 is 5.97 Å². The fourth-order valence-electron chi connectivity index (χ4n) is 3.49. The van der Waals surface area contributed by atoms with Crippen molar-refractivity contribution in [2.45, 2.75) is 26.7 Å². The number of rotatable bonds is 5. The number of hydrogen-bond donors (Lipinski definition) is 1. The molecule has 9 nitrogen and oxygen atoms in total. The maximum atomic E-state index is 12.8. The summed E-state index contributed by atoms with van der Waals surface area (Å²) in [5, 5.41) is 17.3. The first-order valence-corrected chi connectivity index (χ1v) is 9.53. The van der Waals surface area contributed by atoms with Crippen LogP contribution in [0.5, 0.6) is 0 Å². The molecule has 0 bridgehead atoms. The molecule has 0 saturated carbocycles. The first kappa shape index (κ1) is 20.5. The van der Waals surface area contributed by atoms with E-state index < -0.39 is 17.8 Å². The molecule has 0 aliphatic carbocycles. The zero-order valence-corrected chi connectivity index (χ0v) is 16.8. The van der Waals surface area contributed by atoms with Gasteiger partial charge in [0, 0.05) is 20.1 Å². The van der Waals surface area contributed by atoms with Crippen molar-refractivity contribution in [1.82, 2.24) is 24.8 Å². The van der Waals surface area contributed by atoms with Gasteiger partial charge in [-0.25, -0.2) is 4.68 Å². The Balaban J connectivity index is 1.69. The third-order valence-electron chi connectivity index (χ3n) is 5.19. The number of carboxylic acids is 1. The molecule has 3 rings (SSSR count). The summed E-state index contributed by atoms with van der Waals surface area (Å²) in [6, 6.07) is 7.70. The highest BCUT2D eigenvalue weighted by molar-refractivity contribution is 5.95. The van der Waals surface area contributed by atoms with Crippen molar-refractivity contribution in [2.75, 3.05) is 26.7 Å². The Morgan fingerprint density at radius 2 is 2.03 bits per heavy atom. The Kier molecular flexibility index (Phi) is 5.95. The molecule has 1 aromatic carbocycles. The number of carboxylic acid groups (broad SMARTS) is 1. The van der Waals surface area contributed by atoms with Crippen LogP contribution in [0.25, 0.3) is 5.69 Å². The third-order valence-corrected chi connectivity index (χ3v) is 5.19. The molecule has 2 heterocycles. The van der Waals surface area contributed by atoms with Gasteiger partial charge in [0.05, 0.1) is 23.8 Å². The van der Waals surface area contributed by atoms with Crippen LogP contribution in [-0.2, 0) is 9.59 Å². The molecule has 29 heavy (non-hydrogen) atoms. The van der Waals surface area contributed by atoms with Crippen LogP contribution in [0.1, 0.15) is 34.6 Å². The molecule has 0 radical (unpaired) electrons. The van der Waals surface area contributed by atoms with Gasteiger partial charge in [0.25, 0.3) is 5.91 Å². The number of benzene rings is 1. The fourth-order valence-corrected chi connectivity index (χ4v) is 3.49. The normalized spacial score (nSPS) is 16.5. The van der Waals surface area contributed by atoms with E-state index in [1.807, 2.05) is 31.2 Å². The topological polar surface area (TPSA) is 109 Å². The van der Waals surface area contributed by atoms with Crippen LogP contribution in [0.3, 0.4) is 0 Å². The molecule has 1 aliphatic rings. The van der Waals surface area contributed by atoms with E-state index >= 15 is 0 Å². The highest BCUT2D eigenvalue weighted by Gasteiger charge is 2.30. The summed E-state index contributed by atoms with van der Waals surface area (Å²) in [5.41, 5.74) is 2.64. The number of piperidine rings is 1. The molecule has 1 N–H and O–H groups in total. The van der Waals surface area contributed by atoms with Crippen molar-refractivity contribution in [3.8, 4) is 5.69 Å². The van der Waals surface area contributed by atoms with Crippen LogP contribution in [-0.4, -0.2) is 74.4 Å². The van der Waals surface area contributed by atoms with Crippen LogP contribution in [0.4, 0.5) is 0 Å². The summed E-state index contributed by atoms with van der Waals surface area (Å²) in [7, 11) is 1.53. The van der Waals surface area contributed by atoms with Gasteiger partial charge in [0.1, 0.15) is 0 Å². The second-order valence-electron chi connectivity index (χ2n) is 7.45. The molecule has 9 heteroatoms. The first-order chi connectivity index (χ1) is 13.8. The van der Waals surface area contributed by atoms with E-state index in [0.717, 1.165) is 11.3 Å². The van der Waals surface area contributed by atoms with Gasteiger partial charge in [-0.1, -0.05) is 17.3 Å². The summed E-state index contributed by atoms with van der Waals surface area (Å²) >= 11 is 0. The lowest BCUT2D eigenvalue weighted by Crippen LogP contribution is -2.47. The molecule has 154 valence electrons. The van der Waals surface area contributed by atoms with Gasteiger partial charge in [-0.2, -0.15) is 0 Å². The average Bonchev–Trinajstić information content (AvgIpc) is 3.08. The van der Waals surface area contributed by atoms with Crippen molar-refractivity contribution in [1.29, 1.82) is 0 Å². The Labute approximate surface area is 168 Å². The van der Waals surface area contributed by atoms with Crippen LogP contribution in [0.15, 0.2) is 24.3 Å². The zero-order chi connectivity index (χ0) is 21.1. The van der Waals surface area contributed by atoms with E-state index in [4.69, 9.17) is 0 Å². The summed E-state index contributed by atoms with van der Waals surface area (Å²) in [5.74, 6) is -2.11. The molecule has 1 aliphatic heterocycles. The maximum absolute atomic E-state index is 12.8. The van der Waals surface area contributed by atoms with Crippen LogP contribution in [0.2, 0.25) is 0 Å². The van der Waals surface area contributed by atoms with Gasteiger partial charge in [-0.05, 0) is 44.4 Å². The van der Waals surface area contributed by atoms with Gasteiger partial charge in [-0.3, -0.25) is 14.4 Å². The number of aliphatic carboxylic acids is 1. The zero-order valence-electron chi connectivity index (χ0n) is 16.8. The molecule has 1 aromatic heterocycles. The molecule has 1 saturated heterocycles. The first-order valence-electron chi connectivity index (χ1n) is 9.53. The Bertz CT molecular complexity index is 939. The van der Waals surface area contributed by atoms with Crippen LogP contribution >= 0.6 is 0 Å². The van der Waals surface area contributed by atoms with E-state index in [1.54, 1.807) is 11.6 Å². The monoisotopic (exact) mass is 399 g/mol. The number of nitrogens with zero attached hydrogens (tertiary/aromatic N) is 5. The summed E-state index contributed by atoms with van der Waals surface area (Å²) in [6.45, 7) is 4.28. The summed E-state index contributed by atoms with van der Waals surface area (Å²) < 4.78 is 1.60. The lowest BCUT2D eigenvalue weighted by atomic mass is 9.98. The van der Waals surface area contributed by atoms with Crippen molar-refractivity contribution in [2.24, 2.45) is 5.92 Å². The van der Waals surface area contributed by atoms with Crippen molar-refractivity contribution in [3.63, 3.8) is 0 Å². The van der Waals surface area contributed by atoms with Gasteiger partial charge in [0.15, 0.2) is 5.69 Å². The Morgan fingerprint density at radius 1 is 1.28 bits per heavy atom. The summed E-state index contributed by atoms with van der Waals surface area (Å²) in [6.07, 6.45) is 1.21. The predicted molar refractivity (Wildman–Crippen MR) is 105 cm³/mol. The number of hydrogen-bond acceptors (Lipinski definition) is 5. The summed E-state index contributed by atoms with van der Waals surface area (Å²) in [4.78, 5) is 39.4. The molecule has 1 fully saturated rings. The molecule has 1 atom stereocenters. The SMILES string of the molecule is Cc1cccc(-n2nnc(C(=O)N(C)CC(=O)N3CCCC(C(=O)O)C3)c2C)c1. The fraction of sp³-hybridized carbons (Fsp3) is 0.450. The highest BCUT2D eigenvalue weighted by atomic mass is 16.4. The van der Waals surface area contributed by atoms with E-state index in [9.17, 15) is 19.5 Å². The number of carbonyl (C=O) groups is 3. The molecule has 2 aromatic rings. The molecule has 2 amide bonds. The average molecular weight is 399 g/mol. The molecular formula is C20H25N5O4. The molecule has 1 unspecified atom stereocenters. The second kappa shape index (κ2) is 8.42. The minimum Gasteiger partial charge on any atom is -0.481 e. The minimum atomic E-state index is -0.893. The lowest BCUT2D eigenvalue weighted by Gasteiger charge is -2.31. The van der Waals surface area contributed by atoms with Gasteiger partial charge in [0.2, 0.25) is 5.91 Å². The minimum absolute atomic E-state index is 0.137. The van der Waals surface area contributed by atoms with E-state index in [1.165, 1.54) is 16.8 Å². The van der Waals surface area contributed by atoms with Crippen molar-refractivity contribution >= 4 is 17.8 Å². The lowest BCUT2D eigenvalue weighted by molar-refractivity contribution is -0.145. The van der Waals surface area contributed by atoms with Crippen molar-refractivity contribution < 1.29 is 19.5 Å². The van der Waals surface area contributed by atoms with Crippen LogP contribution in [0, 0.1) is 19.8 Å². The van der Waals surface area contributed by atoms with Gasteiger partial charge < -0.3 is 14.9 Å². The number of aryl methyl sites for hydroxylation is 1. The number of likely N-dealkylation sites (N-methyl/N-ethyl adjacent to an activating group) is 1. The largest absolute Gasteiger partial charge is 0.481 e. The quantitative estimate of drug-likeness (QED) is 0.811. The predicted octanol–water partition coefficient (Wildman–Crippen LogP) is 1.28. The Morgan fingerprint density at radius 3 is 2.72 bits per heavy atom. The van der Waals surface area contributed by atoms with Crippen LogP contribution < -0.4 is 0 Å². The maximum Gasteiger partial charge on any atom is 0.308 e. The second-order valence-corrected chi connectivity index (χ2v) is 7.45. The van der Waals surface area contributed by atoms with Crippen molar-refractivity contribution in [3.05, 3.63) is 41.2 Å². The highest BCUT2D eigenvalue weighted by Crippen LogP contribution is 2.18. The molecule has 0 spiro atoms. The van der Waals surface area contributed by atoms with E-state index in [-0.39, 0.29) is 24.7 Å². The number of likely N-dealkylation sites (tertiary alicyclic amines) is 1. The van der Waals surface area contributed by atoms with Gasteiger partial charge in [-0.15, -0.1) is 5.10 Å². The smallest absolute Gasteiger partial charge is 0.308 e. The van der Waals surface area contributed by atoms with E-state index in [2.05, 4.69) is 10.3 Å². The third kappa shape index (κ3) is 4.44. The number of aromatic nitrogens is 3. The van der Waals surface area contributed by atoms with E-state index in [0.29, 0.717) is 25.1 Å². The standard InChI is InChI=1S/C20H25N5O4/c1-13-6-4-8-16(10-13)25-14(2)18(21-22-25)19(27)23(3)12-17(26)24-9-5-7-15(11-24)20(28)29/h4,6,8,10,15H,5,7,9,11-12H2,1-3H3,(H,28,29). The number of carbonyl (C=O) groups excluding carboxylic acids is 2.